The van der Waals surface area contributed by atoms with Crippen LogP contribution in [-0.4, -0.2) is 24.2 Å². The van der Waals surface area contributed by atoms with E-state index in [1.165, 1.54) is 12.8 Å². The molecule has 1 fully saturated rings. The molecule has 3 heteroatoms. The Morgan fingerprint density at radius 3 is 2.95 bits per heavy atom. The lowest BCUT2D eigenvalue weighted by atomic mass is 10.2. The Labute approximate surface area is 120 Å². The van der Waals surface area contributed by atoms with Crippen LogP contribution in [0.1, 0.15) is 25.5 Å². The van der Waals surface area contributed by atoms with Crippen molar-refractivity contribution in [2.24, 2.45) is 5.92 Å². The second kappa shape index (κ2) is 5.80. The van der Waals surface area contributed by atoms with Gasteiger partial charge in [-0.3, -0.25) is 0 Å². The molecule has 0 bridgehead atoms. The topological polar surface area (TPSA) is 34.1 Å². The van der Waals surface area contributed by atoms with Crippen molar-refractivity contribution in [2.45, 2.75) is 32.7 Å². The Bertz CT molecular complexity index is 593. The van der Waals surface area contributed by atoms with Gasteiger partial charge in [0.2, 0.25) is 0 Å². The lowest BCUT2D eigenvalue weighted by Crippen LogP contribution is -2.31. The summed E-state index contributed by atoms with van der Waals surface area (Å²) in [6, 6.07) is 10.8. The quantitative estimate of drug-likeness (QED) is 0.818. The molecule has 2 aromatic rings. The van der Waals surface area contributed by atoms with Crippen molar-refractivity contribution in [1.82, 2.24) is 10.3 Å². The number of aromatic nitrogens is 1. The van der Waals surface area contributed by atoms with Gasteiger partial charge in [-0.1, -0.05) is 18.2 Å². The number of para-hydroxylation sites is 1. The molecule has 0 radical (unpaired) electrons. The predicted molar refractivity (Wildman–Crippen MR) is 82.2 cm³/mol. The standard InChI is InChI=1S/C17H22N2O/c1-12-6-7-15-4-3-5-16(17(15)19-12)20-11-10-18-13(2)14-8-9-14/h3-7,13-14,18H,8-11H2,1-2H3. The highest BCUT2D eigenvalue weighted by molar-refractivity contribution is 5.84. The van der Waals surface area contributed by atoms with Crippen LogP contribution >= 0.6 is 0 Å². The second-order valence-corrected chi connectivity index (χ2v) is 5.71. The van der Waals surface area contributed by atoms with Crippen molar-refractivity contribution >= 4 is 10.9 Å². The van der Waals surface area contributed by atoms with Gasteiger partial charge in [0.15, 0.2) is 0 Å². The zero-order valence-electron chi connectivity index (χ0n) is 12.2. The van der Waals surface area contributed by atoms with Gasteiger partial charge in [0.05, 0.1) is 0 Å². The fourth-order valence-corrected chi connectivity index (χ4v) is 2.54. The van der Waals surface area contributed by atoms with Crippen molar-refractivity contribution < 1.29 is 4.74 Å². The minimum absolute atomic E-state index is 0.617. The Balaban J connectivity index is 1.60. The van der Waals surface area contributed by atoms with Crippen LogP contribution in [0.4, 0.5) is 0 Å². The van der Waals surface area contributed by atoms with E-state index in [-0.39, 0.29) is 0 Å². The normalized spacial score (nSPS) is 16.3. The second-order valence-electron chi connectivity index (χ2n) is 5.71. The number of aryl methyl sites for hydroxylation is 1. The maximum Gasteiger partial charge on any atom is 0.145 e. The minimum atomic E-state index is 0.617. The third kappa shape index (κ3) is 3.10. The van der Waals surface area contributed by atoms with Crippen molar-refractivity contribution in [3.05, 3.63) is 36.0 Å². The highest BCUT2D eigenvalue weighted by Gasteiger charge is 2.27. The number of benzene rings is 1. The molecule has 1 aliphatic carbocycles. The number of rotatable bonds is 6. The summed E-state index contributed by atoms with van der Waals surface area (Å²) in [5.41, 5.74) is 1.98. The summed E-state index contributed by atoms with van der Waals surface area (Å²) in [7, 11) is 0. The summed E-state index contributed by atoms with van der Waals surface area (Å²) in [6.07, 6.45) is 2.75. The van der Waals surface area contributed by atoms with Gasteiger partial charge in [0, 0.05) is 23.7 Å². The first-order valence-corrected chi connectivity index (χ1v) is 7.46. The molecule has 1 atom stereocenters. The predicted octanol–water partition coefficient (Wildman–Crippen LogP) is 3.31. The molecular weight excluding hydrogens is 248 g/mol. The van der Waals surface area contributed by atoms with Crippen molar-refractivity contribution in [3.8, 4) is 5.75 Å². The molecule has 1 aromatic heterocycles. The van der Waals surface area contributed by atoms with E-state index < -0.39 is 0 Å². The number of fused-ring (bicyclic) bond motifs is 1. The molecule has 0 saturated heterocycles. The molecule has 3 nitrogen and oxygen atoms in total. The summed E-state index contributed by atoms with van der Waals surface area (Å²) in [6.45, 7) is 5.85. The zero-order valence-corrected chi connectivity index (χ0v) is 12.2. The van der Waals surface area contributed by atoms with Gasteiger partial charge in [0.25, 0.3) is 0 Å². The van der Waals surface area contributed by atoms with Crippen LogP contribution in [0.5, 0.6) is 5.75 Å². The highest BCUT2D eigenvalue weighted by atomic mass is 16.5. The molecule has 0 aliphatic heterocycles. The third-order valence-electron chi connectivity index (χ3n) is 3.98. The lowest BCUT2D eigenvalue weighted by molar-refractivity contribution is 0.306. The van der Waals surface area contributed by atoms with Gasteiger partial charge in [-0.15, -0.1) is 0 Å². The molecule has 1 aliphatic rings. The van der Waals surface area contributed by atoms with E-state index in [0.717, 1.165) is 34.8 Å². The smallest absolute Gasteiger partial charge is 0.145 e. The van der Waals surface area contributed by atoms with Gasteiger partial charge >= 0.3 is 0 Å². The average molecular weight is 270 g/mol. The summed E-state index contributed by atoms with van der Waals surface area (Å²) < 4.78 is 5.90. The number of pyridine rings is 1. The number of nitrogens with zero attached hydrogens (tertiary/aromatic N) is 1. The van der Waals surface area contributed by atoms with E-state index in [4.69, 9.17) is 4.74 Å². The summed E-state index contributed by atoms with van der Waals surface area (Å²) in [5.74, 6) is 1.77. The maximum atomic E-state index is 5.90. The Kier molecular flexibility index (Phi) is 3.88. The zero-order chi connectivity index (χ0) is 13.9. The molecule has 20 heavy (non-hydrogen) atoms. The molecule has 3 rings (SSSR count). The van der Waals surface area contributed by atoms with E-state index >= 15 is 0 Å². The van der Waals surface area contributed by atoms with Crippen LogP contribution in [-0.2, 0) is 0 Å². The molecule has 1 heterocycles. The summed E-state index contributed by atoms with van der Waals surface area (Å²) in [4.78, 5) is 4.58. The first-order chi connectivity index (χ1) is 9.74. The average Bonchev–Trinajstić information content (AvgIpc) is 3.28. The largest absolute Gasteiger partial charge is 0.490 e. The minimum Gasteiger partial charge on any atom is -0.490 e. The van der Waals surface area contributed by atoms with Crippen molar-refractivity contribution in [1.29, 1.82) is 0 Å². The van der Waals surface area contributed by atoms with Crippen LogP contribution in [0.15, 0.2) is 30.3 Å². The molecular formula is C17H22N2O. The molecule has 1 unspecified atom stereocenters. The van der Waals surface area contributed by atoms with E-state index in [0.29, 0.717) is 12.6 Å². The van der Waals surface area contributed by atoms with Crippen molar-refractivity contribution in [2.75, 3.05) is 13.2 Å². The van der Waals surface area contributed by atoms with Crippen LogP contribution in [0, 0.1) is 12.8 Å². The Morgan fingerprint density at radius 2 is 2.15 bits per heavy atom. The van der Waals surface area contributed by atoms with E-state index in [1.54, 1.807) is 0 Å². The number of hydrogen-bond acceptors (Lipinski definition) is 3. The van der Waals surface area contributed by atoms with Gasteiger partial charge in [-0.25, -0.2) is 4.98 Å². The van der Waals surface area contributed by atoms with Crippen LogP contribution < -0.4 is 10.1 Å². The Morgan fingerprint density at radius 1 is 1.30 bits per heavy atom. The first-order valence-electron chi connectivity index (χ1n) is 7.46. The SMILES string of the molecule is Cc1ccc2cccc(OCCNC(C)C3CC3)c2n1. The number of nitrogens with one attached hydrogen (secondary N) is 1. The fraction of sp³-hybridized carbons (Fsp3) is 0.471. The maximum absolute atomic E-state index is 5.90. The molecule has 0 spiro atoms. The van der Waals surface area contributed by atoms with Gasteiger partial charge < -0.3 is 10.1 Å². The van der Waals surface area contributed by atoms with E-state index in [9.17, 15) is 0 Å². The number of hydrogen-bond donors (Lipinski definition) is 1. The van der Waals surface area contributed by atoms with Crippen LogP contribution in [0.3, 0.4) is 0 Å². The Hall–Kier alpha value is -1.61. The molecule has 106 valence electrons. The number of ether oxygens (including phenoxy) is 1. The van der Waals surface area contributed by atoms with Crippen LogP contribution in [0.25, 0.3) is 10.9 Å². The molecule has 1 saturated carbocycles. The van der Waals surface area contributed by atoms with Crippen LogP contribution in [0.2, 0.25) is 0 Å². The third-order valence-corrected chi connectivity index (χ3v) is 3.98. The lowest BCUT2D eigenvalue weighted by Gasteiger charge is -2.14. The molecule has 1 aromatic carbocycles. The fourth-order valence-electron chi connectivity index (χ4n) is 2.54. The van der Waals surface area contributed by atoms with Crippen molar-refractivity contribution in [3.63, 3.8) is 0 Å². The summed E-state index contributed by atoms with van der Waals surface area (Å²) >= 11 is 0. The molecule has 1 N–H and O–H groups in total. The van der Waals surface area contributed by atoms with Gasteiger partial charge in [-0.2, -0.15) is 0 Å². The van der Waals surface area contributed by atoms with E-state index in [1.807, 2.05) is 25.1 Å². The first kappa shape index (κ1) is 13.4. The monoisotopic (exact) mass is 270 g/mol. The van der Waals surface area contributed by atoms with Gasteiger partial charge in [-0.05, 0) is 44.7 Å². The molecule has 0 amide bonds. The van der Waals surface area contributed by atoms with E-state index in [2.05, 4.69) is 29.4 Å². The highest BCUT2D eigenvalue weighted by Crippen LogP contribution is 2.32. The summed E-state index contributed by atoms with van der Waals surface area (Å²) in [5, 5.41) is 4.66. The van der Waals surface area contributed by atoms with Gasteiger partial charge in [0.1, 0.15) is 17.9 Å².